The summed E-state index contributed by atoms with van der Waals surface area (Å²) in [5.41, 5.74) is 2.35. The molecule has 0 unspecified atom stereocenters. The number of carbonyl (C=O) groups is 1. The van der Waals surface area contributed by atoms with E-state index in [0.717, 1.165) is 22.0 Å². The van der Waals surface area contributed by atoms with Crippen molar-refractivity contribution < 1.29 is 9.53 Å². The molecule has 0 N–H and O–H groups in total. The molecule has 5 rings (SSSR count). The van der Waals surface area contributed by atoms with Gasteiger partial charge in [0.25, 0.3) is 5.91 Å². The van der Waals surface area contributed by atoms with Crippen LogP contribution in [0.4, 0.5) is 5.95 Å². The molecule has 1 aliphatic heterocycles. The van der Waals surface area contributed by atoms with Crippen molar-refractivity contribution in [3.63, 3.8) is 0 Å². The average Bonchev–Trinajstić information content (AvgIpc) is 3.55. The van der Waals surface area contributed by atoms with E-state index < -0.39 is 0 Å². The number of hydrogen-bond acceptors (Lipinski definition) is 8. The zero-order valence-electron chi connectivity index (χ0n) is 19.0. The summed E-state index contributed by atoms with van der Waals surface area (Å²) in [7, 11) is 0. The van der Waals surface area contributed by atoms with Gasteiger partial charge in [-0.05, 0) is 60.7 Å². The molecule has 1 fully saturated rings. The number of piperazine rings is 1. The van der Waals surface area contributed by atoms with Gasteiger partial charge in [-0.3, -0.25) is 4.79 Å². The van der Waals surface area contributed by atoms with Gasteiger partial charge in [0, 0.05) is 37.1 Å². The van der Waals surface area contributed by atoms with Gasteiger partial charge in [0.2, 0.25) is 5.95 Å². The number of amides is 1. The molecule has 9 nitrogen and oxygen atoms in total. The normalized spacial score (nSPS) is 14.0. The van der Waals surface area contributed by atoms with Gasteiger partial charge in [-0.2, -0.15) is 4.68 Å². The molecule has 3 heterocycles. The highest BCUT2D eigenvalue weighted by molar-refractivity contribution is 7.13. The maximum Gasteiger partial charge on any atom is 0.273 e. The number of thiazole rings is 1. The van der Waals surface area contributed by atoms with Crippen molar-refractivity contribution in [2.24, 2.45) is 0 Å². The van der Waals surface area contributed by atoms with Crippen molar-refractivity contribution in [1.29, 1.82) is 0 Å². The van der Waals surface area contributed by atoms with Gasteiger partial charge in [-0.15, -0.1) is 11.3 Å². The lowest BCUT2D eigenvalue weighted by atomic mass is 10.2. The van der Waals surface area contributed by atoms with Crippen LogP contribution in [0.15, 0.2) is 60.0 Å². The lowest BCUT2D eigenvalue weighted by Gasteiger charge is -2.34. The second-order valence-corrected chi connectivity index (χ2v) is 9.09. The van der Waals surface area contributed by atoms with Gasteiger partial charge >= 0.3 is 0 Å². The van der Waals surface area contributed by atoms with E-state index in [1.165, 1.54) is 11.3 Å². The highest BCUT2D eigenvalue weighted by atomic mass is 32.1. The Morgan fingerprint density at radius 2 is 1.74 bits per heavy atom. The molecule has 0 atom stereocenters. The van der Waals surface area contributed by atoms with E-state index in [1.54, 1.807) is 4.68 Å². The Balaban J connectivity index is 1.23. The smallest absolute Gasteiger partial charge is 0.273 e. The van der Waals surface area contributed by atoms with Gasteiger partial charge in [0.05, 0.1) is 11.8 Å². The van der Waals surface area contributed by atoms with Gasteiger partial charge in [-0.1, -0.05) is 23.3 Å². The molecule has 0 spiro atoms. The molecular weight excluding hydrogens is 450 g/mol. The van der Waals surface area contributed by atoms with E-state index in [-0.39, 0.29) is 12.0 Å². The van der Waals surface area contributed by atoms with E-state index in [2.05, 4.69) is 25.4 Å². The molecule has 4 aromatic rings. The van der Waals surface area contributed by atoms with E-state index in [0.29, 0.717) is 37.8 Å². The molecular formula is C24H25N7O2S. The second-order valence-electron chi connectivity index (χ2n) is 8.23. The van der Waals surface area contributed by atoms with Gasteiger partial charge < -0.3 is 14.5 Å². The monoisotopic (exact) mass is 475 g/mol. The van der Waals surface area contributed by atoms with Crippen molar-refractivity contribution in [1.82, 2.24) is 30.1 Å². The fourth-order valence-corrected chi connectivity index (χ4v) is 4.64. The molecule has 0 saturated carbocycles. The molecule has 10 heteroatoms. The maximum absolute atomic E-state index is 13.1. The average molecular weight is 476 g/mol. The van der Waals surface area contributed by atoms with Crippen LogP contribution in [-0.2, 0) is 0 Å². The van der Waals surface area contributed by atoms with E-state index in [4.69, 9.17) is 4.74 Å². The van der Waals surface area contributed by atoms with Crippen LogP contribution in [0, 0.1) is 0 Å². The topological polar surface area (TPSA) is 89.3 Å². The highest BCUT2D eigenvalue weighted by Crippen LogP contribution is 2.27. The maximum atomic E-state index is 13.1. The Morgan fingerprint density at radius 3 is 2.44 bits per heavy atom. The van der Waals surface area contributed by atoms with Crippen molar-refractivity contribution in [3.8, 4) is 22.0 Å². The quantitative estimate of drug-likeness (QED) is 0.421. The van der Waals surface area contributed by atoms with Crippen LogP contribution in [0.25, 0.3) is 16.3 Å². The molecule has 34 heavy (non-hydrogen) atoms. The largest absolute Gasteiger partial charge is 0.491 e. The zero-order chi connectivity index (χ0) is 23.5. The van der Waals surface area contributed by atoms with Crippen LogP contribution >= 0.6 is 11.3 Å². The van der Waals surface area contributed by atoms with Crippen LogP contribution in [0.2, 0.25) is 0 Å². The number of rotatable bonds is 6. The highest BCUT2D eigenvalue weighted by Gasteiger charge is 2.26. The van der Waals surface area contributed by atoms with Crippen LogP contribution in [0.1, 0.15) is 24.3 Å². The second kappa shape index (κ2) is 9.60. The van der Waals surface area contributed by atoms with Crippen LogP contribution in [0.3, 0.4) is 0 Å². The van der Waals surface area contributed by atoms with E-state index in [9.17, 15) is 4.79 Å². The third kappa shape index (κ3) is 4.62. The molecule has 0 bridgehead atoms. The molecule has 174 valence electrons. The first-order chi connectivity index (χ1) is 16.6. The van der Waals surface area contributed by atoms with Crippen LogP contribution in [-0.4, -0.2) is 68.3 Å². The minimum absolute atomic E-state index is 0.0513. The summed E-state index contributed by atoms with van der Waals surface area (Å²) < 4.78 is 7.42. The molecule has 2 aromatic carbocycles. The summed E-state index contributed by atoms with van der Waals surface area (Å²) in [5.74, 6) is 1.45. The number of carbonyl (C=O) groups excluding carboxylic acids is 1. The third-order valence-corrected chi connectivity index (χ3v) is 6.39. The third-order valence-electron chi connectivity index (χ3n) is 5.50. The first-order valence-corrected chi connectivity index (χ1v) is 12.1. The van der Waals surface area contributed by atoms with Crippen molar-refractivity contribution >= 4 is 23.2 Å². The number of ether oxygens (including phenoxy) is 1. The molecule has 1 amide bonds. The Bertz CT molecular complexity index is 1250. The minimum Gasteiger partial charge on any atom is -0.491 e. The van der Waals surface area contributed by atoms with Crippen LogP contribution < -0.4 is 9.64 Å². The minimum atomic E-state index is -0.0513. The molecule has 1 aliphatic rings. The Hall–Kier alpha value is -3.79. The summed E-state index contributed by atoms with van der Waals surface area (Å²) in [5, 5.41) is 14.8. The molecule has 0 radical (unpaired) electrons. The van der Waals surface area contributed by atoms with Crippen molar-refractivity contribution in [3.05, 3.63) is 65.7 Å². The number of nitrogens with zero attached hydrogens (tertiary/aromatic N) is 7. The first kappa shape index (κ1) is 22.0. The van der Waals surface area contributed by atoms with E-state index >= 15 is 0 Å². The predicted molar refractivity (Wildman–Crippen MR) is 131 cm³/mol. The number of para-hydroxylation sites is 1. The fraction of sp³-hybridized carbons (Fsp3) is 0.292. The predicted octanol–water partition coefficient (Wildman–Crippen LogP) is 3.54. The number of anilines is 1. The summed E-state index contributed by atoms with van der Waals surface area (Å²) in [6, 6.07) is 17.6. The van der Waals surface area contributed by atoms with Crippen LogP contribution in [0.5, 0.6) is 5.75 Å². The number of aromatic nitrogens is 5. The van der Waals surface area contributed by atoms with Gasteiger partial charge in [-0.25, -0.2) is 4.98 Å². The Labute approximate surface area is 201 Å². The SMILES string of the molecule is CC(C)Oc1ccc(-c2nc(C(=O)N3CCN(c4nnnn4-c4ccccc4)CC3)cs2)cc1. The van der Waals surface area contributed by atoms with Gasteiger partial charge in [0.1, 0.15) is 16.5 Å². The Kier molecular flexibility index (Phi) is 6.22. The van der Waals surface area contributed by atoms with Gasteiger partial charge in [0.15, 0.2) is 0 Å². The number of tetrazole rings is 1. The number of benzene rings is 2. The molecule has 2 aromatic heterocycles. The summed E-state index contributed by atoms with van der Waals surface area (Å²) in [4.78, 5) is 21.6. The lowest BCUT2D eigenvalue weighted by molar-refractivity contribution is 0.0741. The molecule has 0 aliphatic carbocycles. The first-order valence-electron chi connectivity index (χ1n) is 11.2. The van der Waals surface area contributed by atoms with Crippen molar-refractivity contribution in [2.75, 3.05) is 31.1 Å². The zero-order valence-corrected chi connectivity index (χ0v) is 19.9. The summed E-state index contributed by atoms with van der Waals surface area (Å²) in [6.45, 7) is 6.44. The molecule has 1 saturated heterocycles. The summed E-state index contributed by atoms with van der Waals surface area (Å²) in [6.07, 6.45) is 0.126. The van der Waals surface area contributed by atoms with E-state index in [1.807, 2.05) is 78.7 Å². The standard InChI is InChI=1S/C24H25N7O2S/c1-17(2)33-20-10-8-18(9-11-20)22-25-21(16-34-22)23(32)29-12-14-30(15-13-29)24-26-27-28-31(24)19-6-4-3-5-7-19/h3-11,16-17H,12-15H2,1-2H3. The Morgan fingerprint density at radius 1 is 1.00 bits per heavy atom. The summed E-state index contributed by atoms with van der Waals surface area (Å²) >= 11 is 1.47. The van der Waals surface area contributed by atoms with Crippen molar-refractivity contribution in [2.45, 2.75) is 20.0 Å². The fourth-order valence-electron chi connectivity index (χ4n) is 3.84. The number of hydrogen-bond donors (Lipinski definition) is 0. The lowest BCUT2D eigenvalue weighted by Crippen LogP contribution is -2.49.